The molecule has 0 fully saturated rings. The molecule has 0 bridgehead atoms. The second-order valence-electron chi connectivity index (χ2n) is 2.98. The molecule has 0 aromatic heterocycles. The van der Waals surface area contributed by atoms with Crippen LogP contribution in [0, 0.1) is 0 Å². The van der Waals surface area contributed by atoms with Crippen molar-refractivity contribution < 1.29 is 10.2 Å². The highest BCUT2D eigenvalue weighted by Gasteiger charge is 2.13. The molecule has 2 N–H and O–H groups in total. The number of thioether (sulfide) groups is 1. The fraction of sp³-hybridized carbons (Fsp3) is 0.400. The summed E-state index contributed by atoms with van der Waals surface area (Å²) in [5.41, 5.74) is 0.845. The minimum atomic E-state index is -0.0105. The maximum Gasteiger partial charge on any atom is 0.120 e. The van der Waals surface area contributed by atoms with Crippen molar-refractivity contribution in [3.05, 3.63) is 23.8 Å². The highest BCUT2D eigenvalue weighted by Crippen LogP contribution is 2.33. The van der Waals surface area contributed by atoms with E-state index in [1.54, 1.807) is 17.8 Å². The molecule has 0 saturated carbocycles. The van der Waals surface area contributed by atoms with Gasteiger partial charge in [-0.05, 0) is 18.4 Å². The number of aliphatic hydroxyl groups is 1. The summed E-state index contributed by atoms with van der Waals surface area (Å²) in [7, 11) is 0. The van der Waals surface area contributed by atoms with Crippen LogP contribution in [0.15, 0.2) is 23.1 Å². The van der Waals surface area contributed by atoms with Crippen molar-refractivity contribution in [2.24, 2.45) is 0 Å². The monoisotopic (exact) mass is 198 g/mol. The third-order valence-corrected chi connectivity index (χ3v) is 2.83. The van der Waals surface area contributed by atoms with Gasteiger partial charge in [0.2, 0.25) is 0 Å². The molecule has 1 unspecified atom stereocenters. The molecule has 0 amide bonds. The van der Waals surface area contributed by atoms with Crippen molar-refractivity contribution in [3.63, 3.8) is 0 Å². The lowest BCUT2D eigenvalue weighted by Crippen LogP contribution is -2.00. The predicted molar refractivity (Wildman–Crippen MR) is 55.4 cm³/mol. The van der Waals surface area contributed by atoms with Gasteiger partial charge in [-0.2, -0.15) is 0 Å². The van der Waals surface area contributed by atoms with E-state index in [4.69, 9.17) is 5.11 Å². The van der Waals surface area contributed by atoms with Crippen LogP contribution in [-0.2, 0) is 0 Å². The van der Waals surface area contributed by atoms with E-state index in [1.807, 2.05) is 25.3 Å². The van der Waals surface area contributed by atoms with Gasteiger partial charge in [-0.25, -0.2) is 0 Å². The molecule has 1 aromatic rings. The number of phenolic OH excluding ortho intramolecular Hbond substituents is 1. The van der Waals surface area contributed by atoms with E-state index in [2.05, 4.69) is 0 Å². The number of benzene rings is 1. The smallest absolute Gasteiger partial charge is 0.120 e. The highest BCUT2D eigenvalue weighted by molar-refractivity contribution is 7.98. The van der Waals surface area contributed by atoms with Crippen molar-refractivity contribution in [2.75, 3.05) is 12.9 Å². The first-order valence-electron chi connectivity index (χ1n) is 4.17. The lowest BCUT2D eigenvalue weighted by atomic mass is 10.0. The fourth-order valence-corrected chi connectivity index (χ4v) is 2.04. The van der Waals surface area contributed by atoms with Crippen molar-refractivity contribution in [3.8, 4) is 5.75 Å². The zero-order chi connectivity index (χ0) is 9.84. The highest BCUT2D eigenvalue weighted by atomic mass is 32.2. The molecule has 0 heterocycles. The van der Waals surface area contributed by atoms with Crippen LogP contribution in [-0.4, -0.2) is 23.1 Å². The SMILES string of the molecule is CSc1cccc(O)c1C(C)CO. The van der Waals surface area contributed by atoms with Crippen molar-refractivity contribution in [1.29, 1.82) is 0 Å². The molecule has 0 saturated heterocycles. The molecule has 0 aliphatic heterocycles. The molecule has 0 aliphatic rings. The second-order valence-corrected chi connectivity index (χ2v) is 3.82. The zero-order valence-electron chi connectivity index (χ0n) is 7.82. The molecule has 72 valence electrons. The topological polar surface area (TPSA) is 40.5 Å². The maximum atomic E-state index is 9.60. The summed E-state index contributed by atoms with van der Waals surface area (Å²) in [6, 6.07) is 5.42. The molecular formula is C10H14O2S. The van der Waals surface area contributed by atoms with Gasteiger partial charge in [0, 0.05) is 23.0 Å². The van der Waals surface area contributed by atoms with E-state index in [1.165, 1.54) is 0 Å². The van der Waals surface area contributed by atoms with Crippen LogP contribution in [0.1, 0.15) is 18.4 Å². The largest absolute Gasteiger partial charge is 0.508 e. The number of hydrogen-bond acceptors (Lipinski definition) is 3. The lowest BCUT2D eigenvalue weighted by molar-refractivity contribution is 0.269. The first-order valence-corrected chi connectivity index (χ1v) is 5.40. The lowest BCUT2D eigenvalue weighted by Gasteiger charge is -2.14. The van der Waals surface area contributed by atoms with E-state index >= 15 is 0 Å². The van der Waals surface area contributed by atoms with Crippen LogP contribution < -0.4 is 0 Å². The first kappa shape index (κ1) is 10.4. The van der Waals surface area contributed by atoms with Crippen molar-refractivity contribution >= 4 is 11.8 Å². The van der Waals surface area contributed by atoms with E-state index in [-0.39, 0.29) is 18.3 Å². The standard InChI is InChI=1S/C10H14O2S/c1-7(6-11)10-8(12)4-3-5-9(10)13-2/h3-5,7,11-12H,6H2,1-2H3. The number of aliphatic hydroxyl groups excluding tert-OH is 1. The summed E-state index contributed by atoms with van der Waals surface area (Å²) in [6.07, 6.45) is 1.96. The van der Waals surface area contributed by atoms with Gasteiger partial charge in [-0.3, -0.25) is 0 Å². The fourth-order valence-electron chi connectivity index (χ4n) is 1.30. The Morgan fingerprint density at radius 1 is 1.46 bits per heavy atom. The second kappa shape index (κ2) is 4.53. The molecule has 0 aliphatic carbocycles. The van der Waals surface area contributed by atoms with Crippen LogP contribution in [0.3, 0.4) is 0 Å². The normalized spacial score (nSPS) is 12.8. The Morgan fingerprint density at radius 3 is 2.69 bits per heavy atom. The third-order valence-electron chi connectivity index (χ3n) is 2.03. The number of rotatable bonds is 3. The van der Waals surface area contributed by atoms with E-state index in [0.717, 1.165) is 10.5 Å². The minimum Gasteiger partial charge on any atom is -0.508 e. The zero-order valence-corrected chi connectivity index (χ0v) is 8.64. The Hall–Kier alpha value is -0.670. The van der Waals surface area contributed by atoms with Gasteiger partial charge in [0.05, 0.1) is 0 Å². The number of hydrogen-bond donors (Lipinski definition) is 2. The summed E-state index contributed by atoms with van der Waals surface area (Å²) in [6.45, 7) is 1.96. The average molecular weight is 198 g/mol. The van der Waals surface area contributed by atoms with Crippen LogP contribution >= 0.6 is 11.8 Å². The van der Waals surface area contributed by atoms with Crippen LogP contribution in [0.4, 0.5) is 0 Å². The van der Waals surface area contributed by atoms with Crippen LogP contribution in [0.5, 0.6) is 5.75 Å². The molecular weight excluding hydrogens is 184 g/mol. The molecule has 1 aromatic carbocycles. The molecule has 0 radical (unpaired) electrons. The Kier molecular flexibility index (Phi) is 3.63. The molecule has 0 spiro atoms. The molecule has 3 heteroatoms. The van der Waals surface area contributed by atoms with Crippen molar-refractivity contribution in [1.82, 2.24) is 0 Å². The van der Waals surface area contributed by atoms with Gasteiger partial charge in [0.1, 0.15) is 5.75 Å². The van der Waals surface area contributed by atoms with Gasteiger partial charge in [-0.1, -0.05) is 13.0 Å². The van der Waals surface area contributed by atoms with Gasteiger partial charge in [-0.15, -0.1) is 11.8 Å². The molecule has 1 rings (SSSR count). The Bertz CT molecular complexity index is 286. The van der Waals surface area contributed by atoms with E-state index < -0.39 is 0 Å². The maximum absolute atomic E-state index is 9.60. The van der Waals surface area contributed by atoms with Gasteiger partial charge >= 0.3 is 0 Å². The average Bonchev–Trinajstić information content (AvgIpc) is 2.16. The Balaban J connectivity index is 3.14. The molecule has 2 nitrogen and oxygen atoms in total. The quantitative estimate of drug-likeness (QED) is 0.732. The Labute approximate surface area is 82.6 Å². The Morgan fingerprint density at radius 2 is 2.15 bits per heavy atom. The number of phenols is 1. The molecule has 1 atom stereocenters. The van der Waals surface area contributed by atoms with Crippen LogP contribution in [0.25, 0.3) is 0 Å². The summed E-state index contributed by atoms with van der Waals surface area (Å²) in [4.78, 5) is 1.03. The van der Waals surface area contributed by atoms with E-state index in [9.17, 15) is 5.11 Å². The summed E-state index contributed by atoms with van der Waals surface area (Å²) in [5.74, 6) is 0.261. The number of aromatic hydroxyl groups is 1. The van der Waals surface area contributed by atoms with Gasteiger partial charge in [0.15, 0.2) is 0 Å². The van der Waals surface area contributed by atoms with E-state index in [0.29, 0.717) is 0 Å². The van der Waals surface area contributed by atoms with Crippen LogP contribution in [0.2, 0.25) is 0 Å². The first-order chi connectivity index (χ1) is 6.20. The minimum absolute atomic E-state index is 0.0105. The van der Waals surface area contributed by atoms with Gasteiger partial charge in [0.25, 0.3) is 0 Å². The summed E-state index contributed by atoms with van der Waals surface area (Å²) in [5, 5.41) is 18.6. The molecule has 13 heavy (non-hydrogen) atoms. The van der Waals surface area contributed by atoms with Crippen molar-refractivity contribution in [2.45, 2.75) is 17.7 Å². The van der Waals surface area contributed by atoms with Gasteiger partial charge < -0.3 is 10.2 Å². The summed E-state index contributed by atoms with van der Waals surface area (Å²) >= 11 is 1.58. The predicted octanol–water partition coefficient (Wildman–Crippen LogP) is 2.21. The summed E-state index contributed by atoms with van der Waals surface area (Å²) < 4.78 is 0. The third kappa shape index (κ3) is 2.17.